The van der Waals surface area contributed by atoms with E-state index >= 15 is 0 Å². The summed E-state index contributed by atoms with van der Waals surface area (Å²) in [5.41, 5.74) is 2.07. The molecule has 0 aliphatic carbocycles. The van der Waals surface area contributed by atoms with Crippen molar-refractivity contribution in [2.45, 2.75) is 46.5 Å². The van der Waals surface area contributed by atoms with Gasteiger partial charge in [-0.15, -0.1) is 0 Å². The van der Waals surface area contributed by atoms with E-state index in [0.29, 0.717) is 36.7 Å². The van der Waals surface area contributed by atoms with Crippen LogP contribution in [0, 0.1) is 12.8 Å². The number of ether oxygens (including phenoxy) is 2. The van der Waals surface area contributed by atoms with Crippen molar-refractivity contribution in [1.82, 2.24) is 14.3 Å². The van der Waals surface area contributed by atoms with Crippen LogP contribution in [0.5, 0.6) is 5.75 Å². The van der Waals surface area contributed by atoms with Crippen LogP contribution in [-0.2, 0) is 9.53 Å². The fourth-order valence-electron chi connectivity index (χ4n) is 3.99. The Labute approximate surface area is 172 Å². The molecule has 1 fully saturated rings. The number of carbonyl (C=O) groups excluding carboxylic acids is 2. The number of fused-ring (bicyclic) bond motifs is 1. The lowest BCUT2D eigenvalue weighted by Gasteiger charge is -2.30. The number of aryl methyl sites for hydroxylation is 1. The average Bonchev–Trinajstić information content (AvgIpc) is 3.06. The number of pyridine rings is 1. The zero-order chi connectivity index (χ0) is 20.8. The molecule has 7 nitrogen and oxygen atoms in total. The summed E-state index contributed by atoms with van der Waals surface area (Å²) in [5, 5.41) is 0. The van der Waals surface area contributed by atoms with E-state index < -0.39 is 0 Å². The molecule has 0 aromatic carbocycles. The Morgan fingerprint density at radius 1 is 1.21 bits per heavy atom. The van der Waals surface area contributed by atoms with E-state index in [1.54, 1.807) is 0 Å². The maximum Gasteiger partial charge on any atom is 0.309 e. The van der Waals surface area contributed by atoms with Gasteiger partial charge in [0.25, 0.3) is 0 Å². The van der Waals surface area contributed by atoms with Crippen molar-refractivity contribution in [3.63, 3.8) is 0 Å². The first-order chi connectivity index (χ1) is 14.0. The van der Waals surface area contributed by atoms with Crippen LogP contribution in [0.4, 0.5) is 0 Å². The maximum atomic E-state index is 12.9. The molecule has 1 saturated heterocycles. The average molecular weight is 402 g/mol. The molecule has 1 aliphatic heterocycles. The number of imidazole rings is 1. The van der Waals surface area contributed by atoms with Gasteiger partial charge in [-0.2, -0.15) is 0 Å². The Kier molecular flexibility index (Phi) is 7.25. The molecule has 7 heteroatoms. The molecule has 3 heterocycles. The molecular weight excluding hydrogens is 370 g/mol. The highest BCUT2D eigenvalue weighted by Gasteiger charge is 2.26. The minimum absolute atomic E-state index is 0.0215. The van der Waals surface area contributed by atoms with Crippen LogP contribution in [0.2, 0.25) is 0 Å². The van der Waals surface area contributed by atoms with Crippen LogP contribution in [0.1, 0.15) is 55.7 Å². The molecule has 0 spiro atoms. The zero-order valence-corrected chi connectivity index (χ0v) is 17.6. The van der Waals surface area contributed by atoms with Crippen LogP contribution in [0.3, 0.4) is 0 Å². The predicted octanol–water partition coefficient (Wildman–Crippen LogP) is 3.28. The van der Waals surface area contributed by atoms with E-state index in [-0.39, 0.29) is 17.7 Å². The highest BCUT2D eigenvalue weighted by molar-refractivity contribution is 5.96. The lowest BCUT2D eigenvalue weighted by atomic mass is 9.97. The van der Waals surface area contributed by atoms with Crippen molar-refractivity contribution in [3.05, 3.63) is 29.7 Å². The van der Waals surface area contributed by atoms with Gasteiger partial charge in [-0.3, -0.25) is 14.0 Å². The number of hydrogen-bond donors (Lipinski definition) is 0. The molecule has 2 aromatic rings. The van der Waals surface area contributed by atoms with E-state index in [1.807, 2.05) is 43.5 Å². The molecule has 1 aliphatic rings. The largest absolute Gasteiger partial charge is 0.490 e. The third-order valence-corrected chi connectivity index (χ3v) is 5.44. The summed E-state index contributed by atoms with van der Waals surface area (Å²) in [4.78, 5) is 31.6. The van der Waals surface area contributed by atoms with Crippen molar-refractivity contribution < 1.29 is 19.1 Å². The van der Waals surface area contributed by atoms with Crippen molar-refractivity contribution in [2.24, 2.45) is 5.92 Å². The third-order valence-electron chi connectivity index (χ3n) is 5.44. The van der Waals surface area contributed by atoms with Gasteiger partial charge in [-0.25, -0.2) is 4.98 Å². The minimum Gasteiger partial charge on any atom is -0.490 e. The number of esters is 1. The Bertz CT molecular complexity index is 853. The molecule has 0 saturated carbocycles. The van der Waals surface area contributed by atoms with E-state index in [1.165, 1.54) is 0 Å². The van der Waals surface area contributed by atoms with Crippen LogP contribution < -0.4 is 4.74 Å². The molecule has 3 rings (SSSR count). The van der Waals surface area contributed by atoms with Crippen molar-refractivity contribution in [1.29, 1.82) is 0 Å². The number of ketones is 1. The fraction of sp³-hybridized carbons (Fsp3) is 0.591. The summed E-state index contributed by atoms with van der Waals surface area (Å²) in [6.07, 6.45) is 4.80. The first-order valence-electron chi connectivity index (χ1n) is 10.6. The Morgan fingerprint density at radius 3 is 2.66 bits per heavy atom. The zero-order valence-electron chi connectivity index (χ0n) is 17.6. The number of carbonyl (C=O) groups is 2. The second-order valence-corrected chi connectivity index (χ2v) is 7.44. The van der Waals surface area contributed by atoms with Crippen LogP contribution in [0.25, 0.3) is 5.65 Å². The number of aromatic nitrogens is 2. The highest BCUT2D eigenvalue weighted by Crippen LogP contribution is 2.23. The normalized spacial score (nSPS) is 15.6. The first-order valence-corrected chi connectivity index (χ1v) is 10.6. The Morgan fingerprint density at radius 2 is 1.97 bits per heavy atom. The van der Waals surface area contributed by atoms with E-state index in [0.717, 1.165) is 44.6 Å². The molecule has 2 aromatic heterocycles. The molecule has 0 atom stereocenters. The lowest BCUT2D eigenvalue weighted by molar-refractivity contribution is -0.149. The number of Topliss-reactive ketones (excluding diaryl/α,β-unsaturated/α-hetero) is 1. The van der Waals surface area contributed by atoms with Gasteiger partial charge in [0.05, 0.1) is 24.8 Å². The molecule has 0 unspecified atom stereocenters. The maximum absolute atomic E-state index is 12.9. The van der Waals surface area contributed by atoms with Gasteiger partial charge < -0.3 is 14.4 Å². The van der Waals surface area contributed by atoms with E-state index in [4.69, 9.17) is 9.47 Å². The Hall–Kier alpha value is -2.41. The summed E-state index contributed by atoms with van der Waals surface area (Å²) in [5.74, 6) is 0.747. The van der Waals surface area contributed by atoms with Crippen LogP contribution >= 0.6 is 0 Å². The standard InChI is InChI=1S/C22H31N3O4/c1-4-28-19-9-7-13-25-20(16(3)23-21(19)25)18(26)8-6-12-24-14-10-17(11-15-24)22(27)29-5-2/h7,9,13,17H,4-6,8,10-12,14-15H2,1-3H3. The van der Waals surface area contributed by atoms with E-state index in [9.17, 15) is 9.59 Å². The lowest BCUT2D eigenvalue weighted by Crippen LogP contribution is -2.37. The van der Waals surface area contributed by atoms with Crippen LogP contribution in [0.15, 0.2) is 18.3 Å². The van der Waals surface area contributed by atoms with Crippen molar-refractivity contribution >= 4 is 17.4 Å². The third kappa shape index (κ3) is 4.96. The number of rotatable bonds is 9. The molecule has 0 bridgehead atoms. The summed E-state index contributed by atoms with van der Waals surface area (Å²) in [7, 11) is 0. The number of hydrogen-bond acceptors (Lipinski definition) is 6. The summed E-state index contributed by atoms with van der Waals surface area (Å²) >= 11 is 0. The summed E-state index contributed by atoms with van der Waals surface area (Å²) < 4.78 is 12.6. The SMILES string of the molecule is CCOC(=O)C1CCN(CCCC(=O)c2c(C)nc3c(OCC)cccn23)CC1. The molecule has 0 amide bonds. The van der Waals surface area contributed by atoms with Crippen molar-refractivity contribution in [2.75, 3.05) is 32.8 Å². The minimum atomic E-state index is -0.0724. The number of piperidine rings is 1. The predicted molar refractivity (Wildman–Crippen MR) is 110 cm³/mol. The quantitative estimate of drug-likeness (QED) is 0.474. The molecule has 0 N–H and O–H groups in total. The molecule has 29 heavy (non-hydrogen) atoms. The smallest absolute Gasteiger partial charge is 0.309 e. The fourth-order valence-corrected chi connectivity index (χ4v) is 3.99. The first kappa shape index (κ1) is 21.3. The number of nitrogens with zero attached hydrogens (tertiary/aromatic N) is 3. The van der Waals surface area contributed by atoms with Crippen molar-refractivity contribution in [3.8, 4) is 5.75 Å². The van der Waals surface area contributed by atoms with Gasteiger partial charge in [-0.05, 0) is 71.8 Å². The number of likely N-dealkylation sites (tertiary alicyclic amines) is 1. The highest BCUT2D eigenvalue weighted by atomic mass is 16.5. The van der Waals surface area contributed by atoms with E-state index in [2.05, 4.69) is 9.88 Å². The second kappa shape index (κ2) is 9.87. The molecule has 0 radical (unpaired) electrons. The van der Waals surface area contributed by atoms with Gasteiger partial charge in [-0.1, -0.05) is 0 Å². The molecular formula is C22H31N3O4. The molecule has 158 valence electrons. The van der Waals surface area contributed by atoms with Gasteiger partial charge in [0.15, 0.2) is 17.2 Å². The second-order valence-electron chi connectivity index (χ2n) is 7.44. The summed E-state index contributed by atoms with van der Waals surface area (Å²) in [6, 6.07) is 3.75. The van der Waals surface area contributed by atoms with Gasteiger partial charge in [0.1, 0.15) is 5.69 Å². The van der Waals surface area contributed by atoms with Gasteiger partial charge >= 0.3 is 5.97 Å². The monoisotopic (exact) mass is 401 g/mol. The summed E-state index contributed by atoms with van der Waals surface area (Å²) in [6.45, 7) is 9.26. The van der Waals surface area contributed by atoms with Gasteiger partial charge in [0, 0.05) is 12.6 Å². The van der Waals surface area contributed by atoms with Crippen LogP contribution in [-0.4, -0.2) is 58.9 Å². The topological polar surface area (TPSA) is 73.1 Å². The Balaban J connectivity index is 1.54. The van der Waals surface area contributed by atoms with Gasteiger partial charge in [0.2, 0.25) is 0 Å².